The second-order valence-electron chi connectivity index (χ2n) is 3.63. The van der Waals surface area contributed by atoms with Crippen LogP contribution in [0.15, 0.2) is 37.0 Å². The van der Waals surface area contributed by atoms with Crippen LogP contribution in [0.5, 0.6) is 0 Å². The third-order valence-corrected chi connectivity index (χ3v) is 3.59. The van der Waals surface area contributed by atoms with E-state index in [2.05, 4.69) is 11.9 Å². The second kappa shape index (κ2) is 5.97. The van der Waals surface area contributed by atoms with Gasteiger partial charge in [0.05, 0.1) is 10.8 Å². The molecule has 0 fully saturated rings. The Bertz CT molecular complexity index is 469. The summed E-state index contributed by atoms with van der Waals surface area (Å²) in [6.45, 7) is 4.73. The molecule has 1 amide bonds. The van der Waals surface area contributed by atoms with Crippen molar-refractivity contribution in [1.82, 2.24) is 5.32 Å². The molecule has 88 valence electrons. The zero-order valence-corrected chi connectivity index (χ0v) is 12.5. The Balaban J connectivity index is 0.00000256. The normalized spacial score (nSPS) is 27.1. The summed E-state index contributed by atoms with van der Waals surface area (Å²) in [6.07, 6.45) is 6.78. The second-order valence-corrected chi connectivity index (χ2v) is 5.13. The van der Waals surface area contributed by atoms with Gasteiger partial charge < -0.3 is 9.87 Å². The molecular weight excluding hydrogens is 253 g/mol. The number of hydrogen-bond acceptors (Lipinski definition) is 4. The minimum Gasteiger partial charge on any atom is -0.747 e. The van der Waals surface area contributed by atoms with Crippen molar-refractivity contribution in [3.05, 3.63) is 37.0 Å². The number of hydrogen-bond donors (Lipinski definition) is 1. The first-order valence-electron chi connectivity index (χ1n) is 4.55. The van der Waals surface area contributed by atoms with Gasteiger partial charge >= 0.3 is 29.6 Å². The summed E-state index contributed by atoms with van der Waals surface area (Å²) < 4.78 is 33.2. The number of allylic oxidation sites excluding steroid dienone is 2. The summed E-state index contributed by atoms with van der Waals surface area (Å²) in [7, 11) is -4.52. The van der Waals surface area contributed by atoms with E-state index in [9.17, 15) is 17.8 Å². The van der Waals surface area contributed by atoms with Crippen LogP contribution >= 0.6 is 0 Å². The van der Waals surface area contributed by atoms with E-state index in [0.29, 0.717) is 0 Å². The standard InChI is InChI=1S/C10H13NO4S.Na/c1-3-9(12)11-10(2)7-5-4-6-8(10)16(13,14)15;/h3-8H,1H2,2H3,(H,11,12)(H,13,14,15);/q;+1/p-1. The molecule has 0 aromatic carbocycles. The molecule has 2 unspecified atom stereocenters. The van der Waals surface area contributed by atoms with E-state index in [1.54, 1.807) is 6.08 Å². The van der Waals surface area contributed by atoms with Crippen molar-refractivity contribution in [2.24, 2.45) is 0 Å². The van der Waals surface area contributed by atoms with Crippen LogP contribution in [0.3, 0.4) is 0 Å². The molecule has 0 saturated heterocycles. The molecule has 7 heteroatoms. The topological polar surface area (TPSA) is 86.3 Å². The predicted octanol–water partition coefficient (Wildman–Crippen LogP) is -2.91. The van der Waals surface area contributed by atoms with Gasteiger partial charge in [-0.2, -0.15) is 0 Å². The maximum atomic E-state index is 11.2. The van der Waals surface area contributed by atoms with Gasteiger partial charge in [0.2, 0.25) is 5.91 Å². The zero-order chi connectivity index (χ0) is 12.4. The number of nitrogens with one attached hydrogen (secondary N) is 1. The summed E-state index contributed by atoms with van der Waals surface area (Å²) in [4.78, 5) is 11.2. The van der Waals surface area contributed by atoms with Crippen molar-refractivity contribution in [2.45, 2.75) is 17.7 Å². The van der Waals surface area contributed by atoms with Crippen LogP contribution in [0.25, 0.3) is 0 Å². The molecule has 5 nitrogen and oxygen atoms in total. The molecule has 2 atom stereocenters. The molecule has 0 saturated carbocycles. The Morgan fingerprint density at radius 1 is 1.53 bits per heavy atom. The average Bonchev–Trinajstić information content (AvgIpc) is 2.15. The SMILES string of the molecule is C=CC(=O)NC1(C)C=CC=CC1S(=O)(=O)[O-].[Na+]. The monoisotopic (exact) mass is 265 g/mol. The molecule has 0 heterocycles. The first-order valence-corrected chi connectivity index (χ1v) is 6.02. The average molecular weight is 265 g/mol. The van der Waals surface area contributed by atoms with Crippen LogP contribution in [0.4, 0.5) is 0 Å². The molecule has 0 bridgehead atoms. The van der Waals surface area contributed by atoms with Gasteiger partial charge in [-0.1, -0.05) is 30.9 Å². The van der Waals surface area contributed by atoms with Crippen molar-refractivity contribution in [3.63, 3.8) is 0 Å². The molecule has 1 aliphatic rings. The Labute approximate surface area is 123 Å². The third kappa shape index (κ3) is 4.08. The van der Waals surface area contributed by atoms with E-state index in [0.717, 1.165) is 6.08 Å². The van der Waals surface area contributed by atoms with Gasteiger partial charge in [-0.05, 0) is 13.0 Å². The van der Waals surface area contributed by atoms with E-state index >= 15 is 0 Å². The first-order chi connectivity index (χ1) is 7.29. The van der Waals surface area contributed by atoms with Crippen molar-refractivity contribution in [2.75, 3.05) is 0 Å². The fourth-order valence-electron chi connectivity index (χ4n) is 1.54. The van der Waals surface area contributed by atoms with Crippen LogP contribution in [-0.4, -0.2) is 29.7 Å². The molecule has 0 aliphatic heterocycles. The number of carbonyl (C=O) groups excluding carboxylic acids is 1. The van der Waals surface area contributed by atoms with E-state index < -0.39 is 26.8 Å². The van der Waals surface area contributed by atoms with Crippen LogP contribution in [0, 0.1) is 0 Å². The minimum atomic E-state index is -4.52. The molecule has 0 radical (unpaired) electrons. The van der Waals surface area contributed by atoms with Crippen molar-refractivity contribution in [3.8, 4) is 0 Å². The smallest absolute Gasteiger partial charge is 0.747 e. The van der Waals surface area contributed by atoms with Gasteiger partial charge in [0, 0.05) is 0 Å². The fraction of sp³-hybridized carbons (Fsp3) is 0.300. The Kier molecular flexibility index (Phi) is 5.83. The molecular formula is C10H12NNaO4S. The zero-order valence-electron chi connectivity index (χ0n) is 9.71. The van der Waals surface area contributed by atoms with Gasteiger partial charge in [-0.15, -0.1) is 0 Å². The summed E-state index contributed by atoms with van der Waals surface area (Å²) in [5, 5.41) is 1.12. The van der Waals surface area contributed by atoms with E-state index in [1.807, 2.05) is 0 Å². The van der Waals surface area contributed by atoms with E-state index in [-0.39, 0.29) is 29.6 Å². The van der Waals surface area contributed by atoms with Gasteiger partial charge in [-0.25, -0.2) is 8.42 Å². The number of rotatable bonds is 3. The number of carbonyl (C=O) groups is 1. The van der Waals surface area contributed by atoms with Gasteiger partial charge in [-0.3, -0.25) is 4.79 Å². The first kappa shape index (κ1) is 16.6. The maximum absolute atomic E-state index is 11.2. The number of amides is 1. The predicted molar refractivity (Wildman–Crippen MR) is 58.5 cm³/mol. The summed E-state index contributed by atoms with van der Waals surface area (Å²) in [6, 6.07) is 0. The fourth-order valence-corrected chi connectivity index (χ4v) is 2.56. The summed E-state index contributed by atoms with van der Waals surface area (Å²) in [5.74, 6) is -0.531. The largest absolute Gasteiger partial charge is 1.00 e. The van der Waals surface area contributed by atoms with Crippen LogP contribution in [0.2, 0.25) is 0 Å². The van der Waals surface area contributed by atoms with E-state index in [1.165, 1.54) is 25.2 Å². The minimum absolute atomic E-state index is 0. The molecule has 1 rings (SSSR count). The molecule has 1 N–H and O–H groups in total. The van der Waals surface area contributed by atoms with Gasteiger partial charge in [0.25, 0.3) is 0 Å². The summed E-state index contributed by atoms with van der Waals surface area (Å²) >= 11 is 0. The van der Waals surface area contributed by atoms with Gasteiger partial charge in [0.15, 0.2) is 0 Å². The molecule has 17 heavy (non-hydrogen) atoms. The molecule has 0 spiro atoms. The van der Waals surface area contributed by atoms with Crippen molar-refractivity contribution < 1.29 is 47.3 Å². The molecule has 0 aromatic rings. The third-order valence-electron chi connectivity index (χ3n) is 2.32. The molecule has 0 aromatic heterocycles. The maximum Gasteiger partial charge on any atom is 1.00 e. The molecule has 1 aliphatic carbocycles. The quantitative estimate of drug-likeness (QED) is 0.337. The van der Waals surface area contributed by atoms with Crippen LogP contribution in [0.1, 0.15) is 6.92 Å². The Morgan fingerprint density at radius 3 is 2.59 bits per heavy atom. The summed E-state index contributed by atoms with van der Waals surface area (Å²) in [5.41, 5.74) is -1.24. The Hall–Kier alpha value is -0.400. The van der Waals surface area contributed by atoms with Crippen molar-refractivity contribution >= 4 is 16.0 Å². The van der Waals surface area contributed by atoms with E-state index in [4.69, 9.17) is 0 Å². The van der Waals surface area contributed by atoms with Crippen molar-refractivity contribution in [1.29, 1.82) is 0 Å². The van der Waals surface area contributed by atoms with Gasteiger partial charge in [0.1, 0.15) is 10.1 Å². The van der Waals surface area contributed by atoms with Crippen LogP contribution < -0.4 is 34.9 Å². The van der Waals surface area contributed by atoms with Crippen LogP contribution in [-0.2, 0) is 14.9 Å². The Morgan fingerprint density at radius 2 is 2.12 bits per heavy atom.